The van der Waals surface area contributed by atoms with Gasteiger partial charge >= 0.3 is 12.4 Å². The third-order valence-corrected chi connectivity index (χ3v) is 3.56. The lowest BCUT2D eigenvalue weighted by molar-refractivity contribution is -0.384. The van der Waals surface area contributed by atoms with Gasteiger partial charge in [-0.15, -0.1) is 0 Å². The second-order valence-corrected chi connectivity index (χ2v) is 5.42. The van der Waals surface area contributed by atoms with Crippen molar-refractivity contribution in [2.75, 3.05) is 0 Å². The number of halogens is 7. The summed E-state index contributed by atoms with van der Waals surface area (Å²) in [6, 6.07) is 1.66. The number of nitro benzene ring substituents is 1. The number of nitriles is 1. The molecular formula is C14H4ClF6N3O3. The van der Waals surface area contributed by atoms with E-state index in [4.69, 9.17) is 16.9 Å². The van der Waals surface area contributed by atoms with Crippen molar-refractivity contribution in [3.05, 3.63) is 66.6 Å². The molecule has 27 heavy (non-hydrogen) atoms. The van der Waals surface area contributed by atoms with Crippen molar-refractivity contribution >= 4 is 17.3 Å². The van der Waals surface area contributed by atoms with Gasteiger partial charge in [0.1, 0.15) is 17.3 Å². The lowest BCUT2D eigenvalue weighted by Gasteiger charge is -2.15. The van der Waals surface area contributed by atoms with Crippen LogP contribution in [0.3, 0.4) is 0 Å². The van der Waals surface area contributed by atoms with Crippen LogP contribution in [0.4, 0.5) is 32.0 Å². The van der Waals surface area contributed by atoms with E-state index in [1.807, 2.05) is 0 Å². The molecule has 0 unspecified atom stereocenters. The molecule has 2 rings (SSSR count). The summed E-state index contributed by atoms with van der Waals surface area (Å²) in [6.07, 6.45) is -9.97. The third kappa shape index (κ3) is 3.87. The van der Waals surface area contributed by atoms with Crippen molar-refractivity contribution in [3.8, 4) is 11.8 Å². The van der Waals surface area contributed by atoms with Gasteiger partial charge in [0, 0.05) is 12.3 Å². The van der Waals surface area contributed by atoms with E-state index >= 15 is 0 Å². The Kier molecular flexibility index (Phi) is 4.94. The second-order valence-electron chi connectivity index (χ2n) is 5.01. The molecular weight excluding hydrogens is 408 g/mol. The lowest BCUT2D eigenvalue weighted by atomic mass is 10.1. The summed E-state index contributed by atoms with van der Waals surface area (Å²) >= 11 is 5.62. The van der Waals surface area contributed by atoms with Gasteiger partial charge in [-0.25, -0.2) is 0 Å². The van der Waals surface area contributed by atoms with E-state index in [9.17, 15) is 41.3 Å². The van der Waals surface area contributed by atoms with Gasteiger partial charge in [-0.05, 0) is 12.1 Å². The summed E-state index contributed by atoms with van der Waals surface area (Å²) in [4.78, 5) is 22.0. The Labute approximate surface area is 150 Å². The number of nitro groups is 1. The highest BCUT2D eigenvalue weighted by molar-refractivity contribution is 6.33. The van der Waals surface area contributed by atoms with Crippen LogP contribution in [-0.2, 0) is 12.4 Å². The molecule has 0 aliphatic heterocycles. The molecule has 13 heteroatoms. The molecule has 0 aliphatic carbocycles. The maximum absolute atomic E-state index is 13.0. The van der Waals surface area contributed by atoms with Crippen LogP contribution in [0.5, 0.6) is 0 Å². The SMILES string of the molecule is N#Cc1cc(C(F)(F)F)cn(-c2c(Cl)cc(C(F)(F)F)cc2[N+](=O)[O-])c1=O. The number of pyridine rings is 1. The summed E-state index contributed by atoms with van der Waals surface area (Å²) in [7, 11) is 0. The summed E-state index contributed by atoms with van der Waals surface area (Å²) in [6.45, 7) is 0. The average Bonchev–Trinajstić information content (AvgIpc) is 2.52. The first-order chi connectivity index (χ1) is 12.3. The first-order valence-corrected chi connectivity index (χ1v) is 6.94. The Balaban J connectivity index is 2.96. The molecule has 142 valence electrons. The predicted molar refractivity (Wildman–Crippen MR) is 78.4 cm³/mol. The Morgan fingerprint density at radius 2 is 1.63 bits per heavy atom. The van der Waals surface area contributed by atoms with E-state index in [1.54, 1.807) is 0 Å². The zero-order valence-corrected chi connectivity index (χ0v) is 13.3. The van der Waals surface area contributed by atoms with Crippen LogP contribution >= 0.6 is 11.6 Å². The average molecular weight is 412 g/mol. The smallest absolute Gasteiger partial charge is 0.275 e. The monoisotopic (exact) mass is 411 g/mol. The van der Waals surface area contributed by atoms with Crippen molar-refractivity contribution in [2.24, 2.45) is 0 Å². The molecule has 1 aromatic carbocycles. The van der Waals surface area contributed by atoms with Gasteiger partial charge in [0.25, 0.3) is 11.2 Å². The fourth-order valence-corrected chi connectivity index (χ4v) is 2.41. The molecule has 6 nitrogen and oxygen atoms in total. The van der Waals surface area contributed by atoms with E-state index < -0.39 is 55.9 Å². The van der Waals surface area contributed by atoms with Gasteiger partial charge < -0.3 is 0 Å². The molecule has 0 fully saturated rings. The van der Waals surface area contributed by atoms with Gasteiger partial charge in [-0.1, -0.05) is 11.6 Å². The summed E-state index contributed by atoms with van der Waals surface area (Å²) in [5.74, 6) is 0. The fraction of sp³-hybridized carbons (Fsp3) is 0.143. The largest absolute Gasteiger partial charge is 0.417 e. The maximum Gasteiger partial charge on any atom is 0.417 e. The quantitative estimate of drug-likeness (QED) is 0.418. The number of benzene rings is 1. The first-order valence-electron chi connectivity index (χ1n) is 6.57. The molecule has 0 amide bonds. The first kappa shape index (κ1) is 20.2. The van der Waals surface area contributed by atoms with Crippen molar-refractivity contribution in [3.63, 3.8) is 0 Å². The highest BCUT2D eigenvalue weighted by atomic mass is 35.5. The van der Waals surface area contributed by atoms with Crippen LogP contribution in [0.15, 0.2) is 29.2 Å². The number of aromatic nitrogens is 1. The van der Waals surface area contributed by atoms with Crippen LogP contribution in [0.2, 0.25) is 5.02 Å². The number of alkyl halides is 6. The highest BCUT2D eigenvalue weighted by Crippen LogP contribution is 2.39. The minimum Gasteiger partial charge on any atom is -0.275 e. The van der Waals surface area contributed by atoms with Gasteiger partial charge in [0.2, 0.25) is 0 Å². The van der Waals surface area contributed by atoms with Gasteiger partial charge in [-0.3, -0.25) is 19.5 Å². The van der Waals surface area contributed by atoms with Gasteiger partial charge in [0.15, 0.2) is 0 Å². The summed E-state index contributed by atoms with van der Waals surface area (Å²) in [5, 5.41) is 19.0. The van der Waals surface area contributed by atoms with Crippen molar-refractivity contribution < 1.29 is 31.3 Å². The van der Waals surface area contributed by atoms with Crippen molar-refractivity contribution in [1.82, 2.24) is 4.57 Å². The lowest BCUT2D eigenvalue weighted by Crippen LogP contribution is -2.24. The molecule has 0 saturated heterocycles. The minimum atomic E-state index is -5.05. The molecule has 0 spiro atoms. The Bertz CT molecular complexity index is 1040. The highest BCUT2D eigenvalue weighted by Gasteiger charge is 2.37. The number of nitrogens with zero attached hydrogens (tertiary/aromatic N) is 3. The molecule has 1 heterocycles. The molecule has 0 bridgehead atoms. The van der Waals surface area contributed by atoms with E-state index in [1.165, 1.54) is 6.07 Å². The van der Waals surface area contributed by atoms with E-state index in [-0.39, 0.29) is 29.0 Å². The van der Waals surface area contributed by atoms with E-state index in [0.29, 0.717) is 0 Å². The fourth-order valence-electron chi connectivity index (χ4n) is 2.11. The molecule has 1 aromatic heterocycles. The third-order valence-electron chi connectivity index (χ3n) is 3.27. The number of hydrogen-bond acceptors (Lipinski definition) is 4. The second kappa shape index (κ2) is 6.58. The Morgan fingerprint density at radius 1 is 1.07 bits per heavy atom. The van der Waals surface area contributed by atoms with Crippen LogP contribution in [-0.4, -0.2) is 9.49 Å². The Hall–Kier alpha value is -3.07. The Morgan fingerprint density at radius 3 is 2.07 bits per heavy atom. The zero-order valence-electron chi connectivity index (χ0n) is 12.5. The maximum atomic E-state index is 13.0. The molecule has 0 radical (unpaired) electrons. The predicted octanol–water partition coefficient (Wildman–Crippen LogP) is 4.31. The van der Waals surface area contributed by atoms with Crippen molar-refractivity contribution in [2.45, 2.75) is 12.4 Å². The normalized spacial score (nSPS) is 11.9. The van der Waals surface area contributed by atoms with E-state index in [0.717, 1.165) is 0 Å². The van der Waals surface area contributed by atoms with Crippen LogP contribution < -0.4 is 5.56 Å². The van der Waals surface area contributed by atoms with E-state index in [2.05, 4.69) is 0 Å². The molecule has 0 saturated carbocycles. The minimum absolute atomic E-state index is 0.0277. The number of rotatable bonds is 2. The van der Waals surface area contributed by atoms with Gasteiger partial charge in [0.05, 0.1) is 21.1 Å². The zero-order chi connectivity index (χ0) is 20.7. The molecule has 0 N–H and O–H groups in total. The molecule has 0 aliphatic rings. The van der Waals surface area contributed by atoms with Crippen LogP contribution in [0, 0.1) is 21.4 Å². The van der Waals surface area contributed by atoms with Crippen molar-refractivity contribution in [1.29, 1.82) is 5.26 Å². The summed E-state index contributed by atoms with van der Waals surface area (Å²) in [5.41, 5.74) is -7.90. The van der Waals surface area contributed by atoms with Crippen LogP contribution in [0.25, 0.3) is 5.69 Å². The topological polar surface area (TPSA) is 88.9 Å². The van der Waals surface area contributed by atoms with Crippen LogP contribution in [0.1, 0.15) is 16.7 Å². The standard InChI is InChI=1S/C14H4ClF6N3O3/c15-9-2-7(13(16,17)18)3-10(24(26)27)11(9)23-5-8(14(19,20)21)1-6(4-22)12(23)25/h1-3,5H. The molecule has 0 atom stereocenters. The number of hydrogen-bond donors (Lipinski definition) is 0. The molecule has 2 aromatic rings. The summed E-state index contributed by atoms with van der Waals surface area (Å²) < 4.78 is 77.4. The van der Waals surface area contributed by atoms with Gasteiger partial charge in [-0.2, -0.15) is 31.6 Å².